The van der Waals surface area contributed by atoms with Gasteiger partial charge < -0.3 is 10.8 Å². The van der Waals surface area contributed by atoms with Gasteiger partial charge in [0.1, 0.15) is 17.2 Å². The lowest BCUT2D eigenvalue weighted by Gasteiger charge is -2.18. The maximum atomic E-state index is 10.8. The topological polar surface area (TPSA) is 89.1 Å². The molecule has 15 heavy (non-hydrogen) atoms. The molecule has 0 unspecified atom stereocenters. The van der Waals surface area contributed by atoms with Crippen molar-refractivity contribution in [3.05, 3.63) is 17.1 Å². The largest absolute Gasteiger partial charge is 0.477 e. The lowest BCUT2D eigenvalue weighted by atomic mass is 9.95. The first-order valence-electron chi connectivity index (χ1n) is 4.61. The van der Waals surface area contributed by atoms with E-state index < -0.39 is 5.97 Å². The molecule has 0 fully saturated rings. The van der Waals surface area contributed by atoms with Crippen molar-refractivity contribution in [2.24, 2.45) is 0 Å². The molecule has 0 bridgehead atoms. The van der Waals surface area contributed by atoms with Crippen LogP contribution in [-0.2, 0) is 5.41 Å². The van der Waals surface area contributed by atoms with Crippen LogP contribution in [0.2, 0.25) is 0 Å². The van der Waals surface area contributed by atoms with Crippen LogP contribution >= 0.6 is 0 Å². The molecule has 0 atom stereocenters. The molecule has 0 saturated heterocycles. The van der Waals surface area contributed by atoms with E-state index in [1.54, 1.807) is 6.92 Å². The SMILES string of the molecule is Cc1nc(C(C)(C)C)nc(N)c1C(=O)O. The van der Waals surface area contributed by atoms with Gasteiger partial charge in [-0.2, -0.15) is 0 Å². The maximum Gasteiger partial charge on any atom is 0.341 e. The molecule has 1 heterocycles. The molecule has 3 N–H and O–H groups in total. The summed E-state index contributed by atoms with van der Waals surface area (Å²) in [5.41, 5.74) is 5.74. The maximum absolute atomic E-state index is 10.8. The molecule has 5 nitrogen and oxygen atoms in total. The number of rotatable bonds is 1. The third kappa shape index (κ3) is 2.23. The summed E-state index contributed by atoms with van der Waals surface area (Å²) in [4.78, 5) is 19.0. The van der Waals surface area contributed by atoms with Gasteiger partial charge in [-0.3, -0.25) is 0 Å². The van der Waals surface area contributed by atoms with Crippen LogP contribution < -0.4 is 5.73 Å². The van der Waals surface area contributed by atoms with E-state index in [9.17, 15) is 4.79 Å². The van der Waals surface area contributed by atoms with Crippen molar-refractivity contribution in [1.82, 2.24) is 9.97 Å². The molecular weight excluding hydrogens is 194 g/mol. The van der Waals surface area contributed by atoms with E-state index in [-0.39, 0.29) is 16.8 Å². The molecule has 82 valence electrons. The van der Waals surface area contributed by atoms with E-state index >= 15 is 0 Å². The van der Waals surface area contributed by atoms with Gasteiger partial charge in [-0.05, 0) is 6.92 Å². The molecule has 0 spiro atoms. The van der Waals surface area contributed by atoms with Crippen LogP contribution in [-0.4, -0.2) is 21.0 Å². The second kappa shape index (κ2) is 3.49. The monoisotopic (exact) mass is 209 g/mol. The molecule has 1 rings (SSSR count). The predicted octanol–water partition coefficient (Wildman–Crippen LogP) is 1.36. The molecule has 1 aromatic rings. The van der Waals surface area contributed by atoms with Crippen molar-refractivity contribution >= 4 is 11.8 Å². The number of nitrogen functional groups attached to an aromatic ring is 1. The zero-order valence-corrected chi connectivity index (χ0v) is 9.33. The van der Waals surface area contributed by atoms with Gasteiger partial charge in [0.2, 0.25) is 0 Å². The van der Waals surface area contributed by atoms with Crippen LogP contribution in [0.1, 0.15) is 42.6 Å². The normalized spacial score (nSPS) is 11.5. The minimum absolute atomic E-state index is 0.0111. The van der Waals surface area contributed by atoms with Crippen LogP contribution in [0.15, 0.2) is 0 Å². The van der Waals surface area contributed by atoms with Crippen molar-refractivity contribution in [2.75, 3.05) is 5.73 Å². The van der Waals surface area contributed by atoms with E-state index in [0.717, 1.165) is 0 Å². The number of aromatic nitrogens is 2. The summed E-state index contributed by atoms with van der Waals surface area (Å²) in [6, 6.07) is 0. The molecule has 0 radical (unpaired) electrons. The molecule has 5 heteroatoms. The summed E-state index contributed by atoms with van der Waals surface area (Å²) < 4.78 is 0. The summed E-state index contributed by atoms with van der Waals surface area (Å²) in [7, 11) is 0. The zero-order chi connectivity index (χ0) is 11.8. The van der Waals surface area contributed by atoms with Crippen LogP contribution in [0.5, 0.6) is 0 Å². The van der Waals surface area contributed by atoms with E-state index in [0.29, 0.717) is 11.5 Å². The number of hydrogen-bond acceptors (Lipinski definition) is 4. The Hall–Kier alpha value is -1.65. The Morgan fingerprint density at radius 2 is 1.87 bits per heavy atom. The second-order valence-electron chi connectivity index (χ2n) is 4.45. The van der Waals surface area contributed by atoms with Crippen LogP contribution in [0.25, 0.3) is 0 Å². The highest BCUT2D eigenvalue weighted by molar-refractivity contribution is 5.93. The summed E-state index contributed by atoms with van der Waals surface area (Å²) in [5, 5.41) is 8.88. The summed E-state index contributed by atoms with van der Waals surface area (Å²) in [6.45, 7) is 7.46. The van der Waals surface area contributed by atoms with Gasteiger partial charge >= 0.3 is 5.97 Å². The van der Waals surface area contributed by atoms with Crippen molar-refractivity contribution in [1.29, 1.82) is 0 Å². The summed E-state index contributed by atoms with van der Waals surface area (Å²) >= 11 is 0. The highest BCUT2D eigenvalue weighted by atomic mass is 16.4. The van der Waals surface area contributed by atoms with Gasteiger partial charge in [0.15, 0.2) is 0 Å². The Morgan fingerprint density at radius 1 is 1.33 bits per heavy atom. The summed E-state index contributed by atoms with van der Waals surface area (Å²) in [5.74, 6) is -0.507. The molecule has 0 aliphatic heterocycles. The first-order valence-corrected chi connectivity index (χ1v) is 4.61. The van der Waals surface area contributed by atoms with E-state index in [1.807, 2.05) is 20.8 Å². The molecule has 0 saturated carbocycles. The summed E-state index contributed by atoms with van der Waals surface area (Å²) in [6.07, 6.45) is 0. The van der Waals surface area contributed by atoms with Gasteiger partial charge in [-0.1, -0.05) is 20.8 Å². The first kappa shape index (κ1) is 11.4. The van der Waals surface area contributed by atoms with Gasteiger partial charge in [0.25, 0.3) is 0 Å². The Balaban J connectivity index is 3.39. The Morgan fingerprint density at radius 3 is 2.20 bits per heavy atom. The second-order valence-corrected chi connectivity index (χ2v) is 4.45. The molecular formula is C10H15N3O2. The first-order chi connectivity index (χ1) is 6.73. The van der Waals surface area contributed by atoms with Crippen molar-refractivity contribution in [2.45, 2.75) is 33.1 Å². The number of carboxylic acid groups (broad SMARTS) is 1. The highest BCUT2D eigenvalue weighted by Gasteiger charge is 2.22. The van der Waals surface area contributed by atoms with Crippen molar-refractivity contribution in [3.63, 3.8) is 0 Å². The zero-order valence-electron chi connectivity index (χ0n) is 9.33. The van der Waals surface area contributed by atoms with Gasteiger partial charge in [-0.25, -0.2) is 14.8 Å². The average Bonchev–Trinajstić information content (AvgIpc) is 1.99. The number of aryl methyl sites for hydroxylation is 1. The standard InChI is InChI=1S/C10H15N3O2/c1-5-6(8(14)15)7(11)13-9(12-5)10(2,3)4/h1-4H3,(H,14,15)(H2,11,12,13). The molecule has 0 aliphatic rings. The number of carbonyl (C=O) groups is 1. The predicted molar refractivity (Wildman–Crippen MR) is 56.8 cm³/mol. The Labute approximate surface area is 88.4 Å². The average molecular weight is 209 g/mol. The fraction of sp³-hybridized carbons (Fsp3) is 0.500. The number of nitrogens with zero attached hydrogens (tertiary/aromatic N) is 2. The Bertz CT molecular complexity index is 385. The van der Waals surface area contributed by atoms with Crippen molar-refractivity contribution < 1.29 is 9.90 Å². The minimum atomic E-state index is -1.09. The fourth-order valence-electron chi connectivity index (χ4n) is 1.19. The number of aromatic carboxylic acids is 1. The third-order valence-corrected chi connectivity index (χ3v) is 2.00. The molecule has 1 aromatic heterocycles. The minimum Gasteiger partial charge on any atom is -0.477 e. The number of anilines is 1. The van der Waals surface area contributed by atoms with E-state index in [1.165, 1.54) is 0 Å². The lowest BCUT2D eigenvalue weighted by molar-refractivity contribution is 0.0696. The van der Waals surface area contributed by atoms with Crippen molar-refractivity contribution in [3.8, 4) is 0 Å². The highest BCUT2D eigenvalue weighted by Crippen LogP contribution is 2.22. The van der Waals surface area contributed by atoms with Gasteiger partial charge in [0.05, 0.1) is 5.69 Å². The Kier molecular flexibility index (Phi) is 2.66. The lowest BCUT2D eigenvalue weighted by Crippen LogP contribution is -2.20. The van der Waals surface area contributed by atoms with Crippen LogP contribution in [0, 0.1) is 6.92 Å². The number of carboxylic acids is 1. The molecule has 0 aromatic carbocycles. The fourth-order valence-corrected chi connectivity index (χ4v) is 1.19. The van der Waals surface area contributed by atoms with Gasteiger partial charge in [0, 0.05) is 5.41 Å². The van der Waals surface area contributed by atoms with Crippen LogP contribution in [0.4, 0.5) is 5.82 Å². The quantitative estimate of drug-likeness (QED) is 0.729. The van der Waals surface area contributed by atoms with E-state index in [2.05, 4.69) is 9.97 Å². The molecule has 0 amide bonds. The van der Waals surface area contributed by atoms with Gasteiger partial charge in [-0.15, -0.1) is 0 Å². The van der Waals surface area contributed by atoms with E-state index in [4.69, 9.17) is 10.8 Å². The smallest absolute Gasteiger partial charge is 0.341 e. The van der Waals surface area contributed by atoms with Crippen LogP contribution in [0.3, 0.4) is 0 Å². The number of hydrogen-bond donors (Lipinski definition) is 2. The third-order valence-electron chi connectivity index (χ3n) is 2.00. The number of nitrogens with two attached hydrogens (primary N) is 1. The molecule has 0 aliphatic carbocycles.